The lowest BCUT2D eigenvalue weighted by molar-refractivity contribution is 0.695. The Morgan fingerprint density at radius 3 is 2.93 bits per heavy atom. The van der Waals surface area contributed by atoms with Crippen molar-refractivity contribution in [2.75, 3.05) is 5.32 Å². The van der Waals surface area contributed by atoms with Crippen molar-refractivity contribution in [2.45, 2.75) is 38.9 Å². The van der Waals surface area contributed by atoms with E-state index < -0.39 is 6.17 Å². The van der Waals surface area contributed by atoms with Crippen LogP contribution in [-0.2, 0) is 6.54 Å². The third-order valence-electron chi connectivity index (χ3n) is 5.22. The number of anilines is 1. The number of nitrogens with one attached hydrogen (secondary N) is 1. The van der Waals surface area contributed by atoms with Crippen LogP contribution in [0.1, 0.15) is 48.1 Å². The Labute approximate surface area is 168 Å². The average molecular weight is 396 g/mol. The predicted molar refractivity (Wildman–Crippen MR) is 114 cm³/mol. The lowest BCUT2D eigenvalue weighted by Crippen LogP contribution is -2.25. The quantitative estimate of drug-likeness (QED) is 0.515. The van der Waals surface area contributed by atoms with E-state index in [2.05, 4.69) is 23.8 Å². The SMILES string of the molecule is C=Cc1nc(Cl)ccc1NC(N)c1cc(C)cc2c(=O)n3c(nc12)C(C)CC3. The van der Waals surface area contributed by atoms with Crippen LogP contribution in [0.2, 0.25) is 5.15 Å². The van der Waals surface area contributed by atoms with Gasteiger partial charge in [0.15, 0.2) is 0 Å². The van der Waals surface area contributed by atoms with E-state index in [9.17, 15) is 4.79 Å². The normalized spacial score (nSPS) is 16.8. The summed E-state index contributed by atoms with van der Waals surface area (Å²) < 4.78 is 1.79. The number of hydrogen-bond acceptors (Lipinski definition) is 5. The van der Waals surface area contributed by atoms with Crippen LogP contribution in [0.25, 0.3) is 17.0 Å². The summed E-state index contributed by atoms with van der Waals surface area (Å²) in [6, 6.07) is 7.36. The Balaban J connectivity index is 1.84. The van der Waals surface area contributed by atoms with Crippen molar-refractivity contribution in [3.63, 3.8) is 0 Å². The maximum absolute atomic E-state index is 13.0. The zero-order chi connectivity index (χ0) is 20.0. The molecule has 3 aromatic rings. The number of rotatable bonds is 4. The standard InChI is InChI=1S/C21H22ClN5O/c1-4-15-16(5-6-17(22)24-15)25-19(23)13-9-11(2)10-14-18(13)26-20-12(3)7-8-27(20)21(14)28/h4-6,9-10,12,19,25H,1,7-8,23H2,2-3H3. The van der Waals surface area contributed by atoms with Gasteiger partial charge in [0.2, 0.25) is 0 Å². The first-order valence-corrected chi connectivity index (χ1v) is 9.63. The summed E-state index contributed by atoms with van der Waals surface area (Å²) in [5.74, 6) is 1.08. The van der Waals surface area contributed by atoms with Gasteiger partial charge in [0.25, 0.3) is 5.56 Å². The minimum Gasteiger partial charge on any atom is -0.364 e. The van der Waals surface area contributed by atoms with Gasteiger partial charge >= 0.3 is 0 Å². The van der Waals surface area contributed by atoms with Crippen LogP contribution in [0.5, 0.6) is 0 Å². The molecule has 144 valence electrons. The number of aromatic nitrogens is 3. The Morgan fingerprint density at radius 2 is 2.18 bits per heavy atom. The lowest BCUT2D eigenvalue weighted by Gasteiger charge is -2.20. The number of nitrogens with zero attached hydrogens (tertiary/aromatic N) is 3. The fourth-order valence-corrected chi connectivity index (χ4v) is 3.93. The van der Waals surface area contributed by atoms with Gasteiger partial charge in [-0.25, -0.2) is 9.97 Å². The van der Waals surface area contributed by atoms with E-state index in [0.29, 0.717) is 34.0 Å². The number of aryl methyl sites for hydroxylation is 1. The van der Waals surface area contributed by atoms with Crippen molar-refractivity contribution in [1.29, 1.82) is 0 Å². The van der Waals surface area contributed by atoms with Gasteiger partial charge in [-0.15, -0.1) is 0 Å². The predicted octanol–water partition coefficient (Wildman–Crippen LogP) is 3.97. The van der Waals surface area contributed by atoms with Crippen LogP contribution >= 0.6 is 11.6 Å². The van der Waals surface area contributed by atoms with E-state index in [0.717, 1.165) is 23.4 Å². The molecule has 0 spiro atoms. The molecular formula is C21H22ClN5O. The molecule has 7 heteroatoms. The summed E-state index contributed by atoms with van der Waals surface area (Å²) in [5.41, 5.74) is 10.2. The highest BCUT2D eigenvalue weighted by Crippen LogP contribution is 2.29. The summed E-state index contributed by atoms with van der Waals surface area (Å²) in [5, 5.41) is 4.24. The molecule has 0 bridgehead atoms. The minimum atomic E-state index is -0.573. The monoisotopic (exact) mass is 395 g/mol. The third kappa shape index (κ3) is 3.08. The van der Waals surface area contributed by atoms with Crippen molar-refractivity contribution in [3.05, 3.63) is 69.0 Å². The zero-order valence-corrected chi connectivity index (χ0v) is 16.6. The van der Waals surface area contributed by atoms with Crippen LogP contribution in [0.4, 0.5) is 5.69 Å². The molecule has 1 aliphatic rings. The summed E-state index contributed by atoms with van der Waals surface area (Å²) in [4.78, 5) is 22.1. The van der Waals surface area contributed by atoms with Gasteiger partial charge in [-0.05, 0) is 43.2 Å². The number of fused-ring (bicyclic) bond motifs is 2. The van der Waals surface area contributed by atoms with Crippen LogP contribution in [0.3, 0.4) is 0 Å². The molecule has 3 heterocycles. The van der Waals surface area contributed by atoms with Gasteiger partial charge in [0.1, 0.15) is 17.1 Å². The molecule has 1 aromatic carbocycles. The topological polar surface area (TPSA) is 85.8 Å². The first-order chi connectivity index (χ1) is 13.4. The molecule has 2 unspecified atom stereocenters. The summed E-state index contributed by atoms with van der Waals surface area (Å²) >= 11 is 5.97. The highest BCUT2D eigenvalue weighted by atomic mass is 35.5. The smallest absolute Gasteiger partial charge is 0.261 e. The average Bonchev–Trinajstić information content (AvgIpc) is 3.04. The molecule has 4 rings (SSSR count). The minimum absolute atomic E-state index is 0.00133. The molecule has 2 atom stereocenters. The Bertz CT molecular complexity index is 1150. The Morgan fingerprint density at radius 1 is 1.39 bits per heavy atom. The maximum Gasteiger partial charge on any atom is 0.261 e. The first-order valence-electron chi connectivity index (χ1n) is 9.25. The Kier molecular flexibility index (Phi) is 4.69. The molecular weight excluding hydrogens is 374 g/mol. The zero-order valence-electron chi connectivity index (χ0n) is 15.9. The van der Waals surface area contributed by atoms with Crippen molar-refractivity contribution in [1.82, 2.24) is 14.5 Å². The van der Waals surface area contributed by atoms with Gasteiger partial charge < -0.3 is 11.1 Å². The molecule has 0 fully saturated rings. The van der Waals surface area contributed by atoms with E-state index in [1.54, 1.807) is 16.7 Å². The number of pyridine rings is 1. The van der Waals surface area contributed by atoms with Crippen LogP contribution in [-0.4, -0.2) is 14.5 Å². The van der Waals surface area contributed by atoms with E-state index >= 15 is 0 Å². The molecule has 6 nitrogen and oxygen atoms in total. The maximum atomic E-state index is 13.0. The molecule has 28 heavy (non-hydrogen) atoms. The van der Waals surface area contributed by atoms with Crippen molar-refractivity contribution in [3.8, 4) is 0 Å². The van der Waals surface area contributed by atoms with Gasteiger partial charge in [-0.1, -0.05) is 31.2 Å². The molecule has 0 saturated heterocycles. The molecule has 0 saturated carbocycles. The van der Waals surface area contributed by atoms with Crippen molar-refractivity contribution in [2.24, 2.45) is 5.73 Å². The fraction of sp³-hybridized carbons (Fsp3) is 0.286. The van der Waals surface area contributed by atoms with Gasteiger partial charge in [0, 0.05) is 18.0 Å². The van der Waals surface area contributed by atoms with Crippen LogP contribution in [0.15, 0.2) is 35.6 Å². The van der Waals surface area contributed by atoms with Gasteiger partial charge in [-0.3, -0.25) is 9.36 Å². The van der Waals surface area contributed by atoms with E-state index in [1.165, 1.54) is 0 Å². The second-order valence-electron chi connectivity index (χ2n) is 7.26. The second kappa shape index (κ2) is 7.04. The molecule has 2 aromatic heterocycles. The molecule has 3 N–H and O–H groups in total. The molecule has 0 aliphatic carbocycles. The highest BCUT2D eigenvalue weighted by molar-refractivity contribution is 6.29. The van der Waals surface area contributed by atoms with Crippen LogP contribution in [0, 0.1) is 6.92 Å². The first kappa shape index (κ1) is 18.7. The van der Waals surface area contributed by atoms with Gasteiger partial charge in [-0.2, -0.15) is 0 Å². The molecule has 0 radical (unpaired) electrons. The summed E-state index contributed by atoms with van der Waals surface area (Å²) in [6.45, 7) is 8.54. The van der Waals surface area contributed by atoms with E-state index in [4.69, 9.17) is 22.3 Å². The van der Waals surface area contributed by atoms with Crippen molar-refractivity contribution < 1.29 is 0 Å². The van der Waals surface area contributed by atoms with Gasteiger partial charge in [0.05, 0.1) is 22.3 Å². The summed E-state index contributed by atoms with van der Waals surface area (Å²) in [7, 11) is 0. The number of benzene rings is 1. The molecule has 0 amide bonds. The van der Waals surface area contributed by atoms with E-state index in [1.807, 2.05) is 25.1 Å². The van der Waals surface area contributed by atoms with Crippen LogP contribution < -0.4 is 16.6 Å². The van der Waals surface area contributed by atoms with E-state index in [-0.39, 0.29) is 11.5 Å². The fourth-order valence-electron chi connectivity index (χ4n) is 3.77. The second-order valence-corrected chi connectivity index (χ2v) is 7.65. The largest absolute Gasteiger partial charge is 0.364 e. The number of nitrogens with two attached hydrogens (primary N) is 1. The Hall–Kier alpha value is -2.70. The molecule has 1 aliphatic heterocycles. The number of hydrogen-bond donors (Lipinski definition) is 2. The van der Waals surface area contributed by atoms with Crippen molar-refractivity contribution >= 4 is 34.3 Å². The third-order valence-corrected chi connectivity index (χ3v) is 5.43. The summed E-state index contributed by atoms with van der Waals surface area (Å²) in [6.07, 6.45) is 1.97. The highest BCUT2D eigenvalue weighted by Gasteiger charge is 2.25. The lowest BCUT2D eigenvalue weighted by atomic mass is 10.0. The number of halogens is 1.